The normalized spacial score (nSPS) is 11.5. The lowest BCUT2D eigenvalue weighted by molar-refractivity contribution is 0.175. The molecule has 6 nitrogen and oxygen atoms in total. The molecule has 2 aromatic heterocycles. The molecule has 0 aliphatic heterocycles. The molecule has 0 aliphatic rings. The Bertz CT molecular complexity index is 1120. The first-order valence-corrected chi connectivity index (χ1v) is 9.40. The van der Waals surface area contributed by atoms with Gasteiger partial charge in [-0.3, -0.25) is 0 Å². The Morgan fingerprint density at radius 1 is 1.07 bits per heavy atom. The summed E-state index contributed by atoms with van der Waals surface area (Å²) >= 11 is 3.50. The minimum absolute atomic E-state index is 0.396. The van der Waals surface area contributed by atoms with Crippen molar-refractivity contribution in [2.24, 2.45) is 5.73 Å². The van der Waals surface area contributed by atoms with E-state index in [0.717, 1.165) is 37.8 Å². The average Bonchev–Trinajstić information content (AvgIpc) is 3.02. The lowest BCUT2D eigenvalue weighted by Gasteiger charge is -2.11. The zero-order valence-electron chi connectivity index (χ0n) is 14.9. The van der Waals surface area contributed by atoms with Gasteiger partial charge in [-0.1, -0.05) is 40.2 Å². The number of benzene rings is 2. The number of hydrogen-bond acceptors (Lipinski definition) is 5. The number of pyridine rings is 1. The molecule has 2 aromatic carbocycles. The number of rotatable bonds is 5. The predicted octanol–water partition coefficient (Wildman–Crippen LogP) is 3.58. The maximum atomic E-state index is 6.23. The van der Waals surface area contributed by atoms with Crippen LogP contribution in [0.25, 0.3) is 21.9 Å². The number of hydrogen-bond donors (Lipinski definition) is 2. The summed E-state index contributed by atoms with van der Waals surface area (Å²) in [5.74, 6) is 1.24. The molecule has 0 amide bonds. The SMILES string of the molecule is COCc1nc2c(N)nc3cc(Br)ccc3c2n1Cc1ccc(CN)cc1. The van der Waals surface area contributed by atoms with Crippen LogP contribution in [0.5, 0.6) is 0 Å². The van der Waals surface area contributed by atoms with Crippen LogP contribution in [-0.2, 0) is 24.4 Å². The number of aromatic nitrogens is 3. The average molecular weight is 426 g/mol. The van der Waals surface area contributed by atoms with E-state index in [4.69, 9.17) is 21.2 Å². The molecule has 0 atom stereocenters. The van der Waals surface area contributed by atoms with Crippen LogP contribution in [-0.4, -0.2) is 21.6 Å². The predicted molar refractivity (Wildman–Crippen MR) is 111 cm³/mol. The summed E-state index contributed by atoms with van der Waals surface area (Å²) in [4.78, 5) is 9.25. The van der Waals surface area contributed by atoms with Crippen molar-refractivity contribution in [1.82, 2.24) is 14.5 Å². The van der Waals surface area contributed by atoms with Crippen molar-refractivity contribution in [3.05, 3.63) is 63.9 Å². The third kappa shape index (κ3) is 3.29. The fourth-order valence-corrected chi connectivity index (χ4v) is 3.65. The van der Waals surface area contributed by atoms with Gasteiger partial charge in [0.2, 0.25) is 0 Å². The lowest BCUT2D eigenvalue weighted by Crippen LogP contribution is -2.07. The Hall–Kier alpha value is -2.48. The van der Waals surface area contributed by atoms with Gasteiger partial charge in [0.25, 0.3) is 0 Å². The number of nitrogens with two attached hydrogens (primary N) is 2. The molecule has 2 heterocycles. The second-order valence-corrected chi connectivity index (χ2v) is 7.34. The van der Waals surface area contributed by atoms with Gasteiger partial charge >= 0.3 is 0 Å². The molecule has 27 heavy (non-hydrogen) atoms. The summed E-state index contributed by atoms with van der Waals surface area (Å²) in [5, 5.41) is 1.01. The highest BCUT2D eigenvalue weighted by molar-refractivity contribution is 9.10. The highest BCUT2D eigenvalue weighted by Crippen LogP contribution is 2.31. The van der Waals surface area contributed by atoms with E-state index in [-0.39, 0.29) is 0 Å². The molecule has 4 rings (SSSR count). The van der Waals surface area contributed by atoms with Crippen LogP contribution in [0.15, 0.2) is 46.9 Å². The molecule has 0 fully saturated rings. The second kappa shape index (κ2) is 7.26. The van der Waals surface area contributed by atoms with Crippen molar-refractivity contribution in [2.75, 3.05) is 12.8 Å². The summed E-state index contributed by atoms with van der Waals surface area (Å²) in [7, 11) is 1.66. The van der Waals surface area contributed by atoms with Gasteiger partial charge < -0.3 is 20.8 Å². The topological polar surface area (TPSA) is 92.0 Å². The zero-order chi connectivity index (χ0) is 19.0. The summed E-state index contributed by atoms with van der Waals surface area (Å²) in [6.45, 7) is 1.59. The van der Waals surface area contributed by atoms with Crippen LogP contribution in [0.3, 0.4) is 0 Å². The van der Waals surface area contributed by atoms with Gasteiger partial charge in [0.15, 0.2) is 5.82 Å². The van der Waals surface area contributed by atoms with Gasteiger partial charge in [0.1, 0.15) is 17.9 Å². The second-order valence-electron chi connectivity index (χ2n) is 6.42. The summed E-state index contributed by atoms with van der Waals surface area (Å²) in [5.41, 5.74) is 16.7. The van der Waals surface area contributed by atoms with Crippen LogP contribution < -0.4 is 11.5 Å². The maximum Gasteiger partial charge on any atom is 0.152 e. The van der Waals surface area contributed by atoms with Crippen LogP contribution in [0.2, 0.25) is 0 Å². The molecule has 4 N–H and O–H groups in total. The number of imidazole rings is 1. The van der Waals surface area contributed by atoms with Crippen LogP contribution in [0.4, 0.5) is 5.82 Å². The zero-order valence-corrected chi connectivity index (χ0v) is 16.5. The van der Waals surface area contributed by atoms with E-state index in [2.05, 4.69) is 49.7 Å². The molecule has 0 aliphatic carbocycles. The van der Waals surface area contributed by atoms with Crippen LogP contribution in [0.1, 0.15) is 17.0 Å². The van der Waals surface area contributed by atoms with Crippen LogP contribution >= 0.6 is 15.9 Å². The molecule has 0 saturated heterocycles. The molecule has 138 valence electrons. The quantitative estimate of drug-likeness (QED) is 0.509. The lowest BCUT2D eigenvalue weighted by atomic mass is 10.1. The summed E-state index contributed by atoms with van der Waals surface area (Å²) in [6.07, 6.45) is 0. The first-order valence-electron chi connectivity index (χ1n) is 8.61. The van der Waals surface area contributed by atoms with Gasteiger partial charge in [0, 0.05) is 30.1 Å². The van der Waals surface area contributed by atoms with E-state index in [1.807, 2.05) is 18.2 Å². The Labute approximate surface area is 165 Å². The van der Waals surface area contributed by atoms with E-state index in [0.29, 0.717) is 31.0 Å². The Morgan fingerprint density at radius 3 is 2.52 bits per heavy atom. The fraction of sp³-hybridized carbons (Fsp3) is 0.200. The number of nitrogen functional groups attached to an aromatic ring is 1. The number of ether oxygens (including phenoxy) is 1. The number of fused-ring (bicyclic) bond motifs is 3. The molecule has 0 saturated carbocycles. The number of methoxy groups -OCH3 is 1. The highest BCUT2D eigenvalue weighted by Gasteiger charge is 2.17. The van der Waals surface area contributed by atoms with E-state index >= 15 is 0 Å². The Balaban J connectivity index is 1.95. The monoisotopic (exact) mass is 425 g/mol. The smallest absolute Gasteiger partial charge is 0.152 e. The third-order valence-electron chi connectivity index (χ3n) is 4.62. The van der Waals surface area contributed by atoms with Gasteiger partial charge in [-0.25, -0.2) is 9.97 Å². The fourth-order valence-electron chi connectivity index (χ4n) is 3.30. The third-order valence-corrected chi connectivity index (χ3v) is 5.11. The number of nitrogens with zero attached hydrogens (tertiary/aromatic N) is 3. The summed E-state index contributed by atoms with van der Waals surface area (Å²) in [6, 6.07) is 14.3. The molecular formula is C20H20BrN5O. The van der Waals surface area contributed by atoms with Crippen molar-refractivity contribution < 1.29 is 4.74 Å². The van der Waals surface area contributed by atoms with Gasteiger partial charge in [-0.05, 0) is 29.3 Å². The van der Waals surface area contributed by atoms with Gasteiger partial charge in [0.05, 0.1) is 11.0 Å². The van der Waals surface area contributed by atoms with Crippen molar-refractivity contribution in [1.29, 1.82) is 0 Å². The van der Waals surface area contributed by atoms with E-state index in [1.54, 1.807) is 7.11 Å². The largest absolute Gasteiger partial charge is 0.382 e. The molecule has 0 spiro atoms. The minimum atomic E-state index is 0.396. The van der Waals surface area contributed by atoms with Gasteiger partial charge in [-0.15, -0.1) is 0 Å². The van der Waals surface area contributed by atoms with Crippen molar-refractivity contribution in [3.63, 3.8) is 0 Å². The molecule has 0 unspecified atom stereocenters. The van der Waals surface area contributed by atoms with E-state index < -0.39 is 0 Å². The Morgan fingerprint density at radius 2 is 1.81 bits per heavy atom. The van der Waals surface area contributed by atoms with Gasteiger partial charge in [-0.2, -0.15) is 0 Å². The first-order chi connectivity index (χ1) is 13.1. The Kier molecular flexibility index (Phi) is 4.82. The van der Waals surface area contributed by atoms with Crippen LogP contribution in [0, 0.1) is 0 Å². The van der Waals surface area contributed by atoms with Crippen molar-refractivity contribution in [2.45, 2.75) is 19.7 Å². The molecule has 4 aromatic rings. The minimum Gasteiger partial charge on any atom is -0.382 e. The molecule has 7 heteroatoms. The van der Waals surface area contributed by atoms with Crippen molar-refractivity contribution >= 4 is 43.7 Å². The molecular weight excluding hydrogens is 406 g/mol. The number of halogens is 1. The molecule has 0 bridgehead atoms. The standard InChI is InChI=1S/C20H20BrN5O/c1-27-11-17-25-18-19(15-7-6-14(21)8-16(15)24-20(18)23)26(17)10-13-4-2-12(9-22)3-5-13/h2-8H,9-11,22H2,1H3,(H2,23,24). The van der Waals surface area contributed by atoms with E-state index in [1.165, 1.54) is 0 Å². The maximum absolute atomic E-state index is 6.23. The van der Waals surface area contributed by atoms with Crippen molar-refractivity contribution in [3.8, 4) is 0 Å². The highest BCUT2D eigenvalue weighted by atomic mass is 79.9. The molecule has 0 radical (unpaired) electrons. The summed E-state index contributed by atoms with van der Waals surface area (Å²) < 4.78 is 8.49. The first kappa shape index (κ1) is 17.9. The van der Waals surface area contributed by atoms with E-state index in [9.17, 15) is 0 Å². The number of anilines is 1.